The van der Waals surface area contributed by atoms with Crippen molar-refractivity contribution in [1.29, 1.82) is 0 Å². The molecule has 0 bridgehead atoms. The lowest BCUT2D eigenvalue weighted by molar-refractivity contribution is 0.0316. The molecular formula is C17H24N2O2. The molecule has 4 nitrogen and oxygen atoms in total. The van der Waals surface area contributed by atoms with E-state index in [1.165, 1.54) is 0 Å². The highest BCUT2D eigenvalue weighted by Gasteiger charge is 2.05. The van der Waals surface area contributed by atoms with Crippen LogP contribution in [0.15, 0.2) is 30.3 Å². The number of pyridine rings is 1. The molecular weight excluding hydrogens is 264 g/mol. The zero-order chi connectivity index (χ0) is 15.1. The molecule has 0 aliphatic heterocycles. The zero-order valence-electron chi connectivity index (χ0n) is 13.1. The molecule has 1 heterocycles. The molecule has 1 aromatic carbocycles. The smallest absolute Gasteiger partial charge is 0.131 e. The molecule has 0 fully saturated rings. The molecule has 0 aliphatic rings. The Morgan fingerprint density at radius 1 is 1.14 bits per heavy atom. The molecule has 0 atom stereocenters. The Labute approximate surface area is 126 Å². The van der Waals surface area contributed by atoms with Gasteiger partial charge in [-0.1, -0.05) is 32.0 Å². The molecule has 0 amide bonds. The van der Waals surface area contributed by atoms with Crippen LogP contribution in [-0.2, 0) is 16.1 Å². The minimum Gasteiger partial charge on any atom is -0.379 e. The van der Waals surface area contributed by atoms with Gasteiger partial charge in [-0.15, -0.1) is 0 Å². The van der Waals surface area contributed by atoms with Gasteiger partial charge < -0.3 is 14.8 Å². The number of nitrogens with zero attached hydrogens (tertiary/aromatic N) is 1. The van der Waals surface area contributed by atoms with Gasteiger partial charge in [0.2, 0.25) is 0 Å². The average Bonchev–Trinajstić information content (AvgIpc) is 2.49. The van der Waals surface area contributed by atoms with Crippen molar-refractivity contribution in [2.24, 2.45) is 5.92 Å². The van der Waals surface area contributed by atoms with E-state index in [2.05, 4.69) is 36.3 Å². The number of para-hydroxylation sites is 1. The summed E-state index contributed by atoms with van der Waals surface area (Å²) in [5, 5.41) is 4.26. The van der Waals surface area contributed by atoms with Gasteiger partial charge in [0.25, 0.3) is 0 Å². The zero-order valence-corrected chi connectivity index (χ0v) is 13.1. The fraction of sp³-hybridized carbons (Fsp3) is 0.471. The SMILES string of the molecule is CNc1nc2ccccc2cc1COCCOCC(C)C. The third-order valence-corrected chi connectivity index (χ3v) is 3.12. The number of ether oxygens (including phenoxy) is 2. The third kappa shape index (κ3) is 4.69. The van der Waals surface area contributed by atoms with E-state index >= 15 is 0 Å². The van der Waals surface area contributed by atoms with Gasteiger partial charge in [-0.25, -0.2) is 4.98 Å². The van der Waals surface area contributed by atoms with Crippen LogP contribution >= 0.6 is 0 Å². The second-order valence-corrected chi connectivity index (χ2v) is 5.46. The van der Waals surface area contributed by atoms with Gasteiger partial charge in [-0.05, 0) is 18.1 Å². The molecule has 21 heavy (non-hydrogen) atoms. The number of hydrogen-bond donors (Lipinski definition) is 1. The molecule has 0 radical (unpaired) electrons. The van der Waals surface area contributed by atoms with Crippen molar-refractivity contribution in [3.63, 3.8) is 0 Å². The number of aromatic nitrogens is 1. The highest BCUT2D eigenvalue weighted by atomic mass is 16.5. The van der Waals surface area contributed by atoms with E-state index in [-0.39, 0.29) is 0 Å². The summed E-state index contributed by atoms with van der Waals surface area (Å²) in [4.78, 5) is 4.61. The summed E-state index contributed by atoms with van der Waals surface area (Å²) in [6.45, 7) is 6.83. The summed E-state index contributed by atoms with van der Waals surface area (Å²) in [5.74, 6) is 1.43. The second kappa shape index (κ2) is 7.96. The Kier molecular flexibility index (Phi) is 5.96. The predicted octanol–water partition coefficient (Wildman–Crippen LogP) is 3.47. The summed E-state index contributed by atoms with van der Waals surface area (Å²) in [7, 11) is 1.88. The number of rotatable bonds is 8. The van der Waals surface area contributed by atoms with Crippen LogP contribution in [-0.4, -0.2) is 31.9 Å². The lowest BCUT2D eigenvalue weighted by Crippen LogP contribution is -2.09. The number of nitrogens with one attached hydrogen (secondary N) is 1. The molecule has 2 rings (SSSR count). The maximum Gasteiger partial charge on any atom is 0.131 e. The van der Waals surface area contributed by atoms with Gasteiger partial charge >= 0.3 is 0 Å². The number of hydrogen-bond acceptors (Lipinski definition) is 4. The van der Waals surface area contributed by atoms with Crippen LogP contribution in [0.2, 0.25) is 0 Å². The molecule has 0 saturated carbocycles. The van der Waals surface area contributed by atoms with Crippen molar-refractivity contribution in [3.8, 4) is 0 Å². The minimum absolute atomic E-state index is 0.541. The lowest BCUT2D eigenvalue weighted by atomic mass is 10.1. The number of anilines is 1. The summed E-state index contributed by atoms with van der Waals surface area (Å²) < 4.78 is 11.2. The normalized spacial score (nSPS) is 11.2. The van der Waals surface area contributed by atoms with E-state index in [4.69, 9.17) is 9.47 Å². The monoisotopic (exact) mass is 288 g/mol. The van der Waals surface area contributed by atoms with Crippen molar-refractivity contribution in [2.45, 2.75) is 20.5 Å². The van der Waals surface area contributed by atoms with Crippen LogP contribution in [0.5, 0.6) is 0 Å². The molecule has 0 saturated heterocycles. The van der Waals surface area contributed by atoms with E-state index in [9.17, 15) is 0 Å². The fourth-order valence-corrected chi connectivity index (χ4v) is 2.11. The molecule has 0 unspecified atom stereocenters. The first-order valence-electron chi connectivity index (χ1n) is 7.42. The molecule has 1 N–H and O–H groups in total. The minimum atomic E-state index is 0.541. The molecule has 0 aliphatic carbocycles. The Balaban J connectivity index is 1.91. The first kappa shape index (κ1) is 15.7. The van der Waals surface area contributed by atoms with Gasteiger partial charge in [0.1, 0.15) is 5.82 Å². The first-order chi connectivity index (χ1) is 10.2. The summed E-state index contributed by atoms with van der Waals surface area (Å²) >= 11 is 0. The van der Waals surface area contributed by atoms with Crippen LogP contribution in [0.1, 0.15) is 19.4 Å². The Morgan fingerprint density at radius 2 is 1.90 bits per heavy atom. The maximum atomic E-state index is 5.69. The van der Waals surface area contributed by atoms with Crippen LogP contribution < -0.4 is 5.32 Å². The maximum absolute atomic E-state index is 5.69. The van der Waals surface area contributed by atoms with E-state index in [1.54, 1.807) is 0 Å². The van der Waals surface area contributed by atoms with Crippen molar-refractivity contribution >= 4 is 16.7 Å². The van der Waals surface area contributed by atoms with E-state index in [0.717, 1.165) is 28.9 Å². The number of benzene rings is 1. The third-order valence-electron chi connectivity index (χ3n) is 3.12. The summed E-state index contributed by atoms with van der Waals surface area (Å²) in [6.07, 6.45) is 0. The molecule has 0 spiro atoms. The molecule has 1 aromatic heterocycles. The van der Waals surface area contributed by atoms with Gasteiger partial charge in [0.05, 0.1) is 25.3 Å². The van der Waals surface area contributed by atoms with Crippen molar-refractivity contribution < 1.29 is 9.47 Å². The second-order valence-electron chi connectivity index (χ2n) is 5.46. The van der Waals surface area contributed by atoms with Crippen molar-refractivity contribution in [1.82, 2.24) is 4.98 Å². The van der Waals surface area contributed by atoms with Crippen LogP contribution in [0.4, 0.5) is 5.82 Å². The number of fused-ring (bicyclic) bond motifs is 1. The highest BCUT2D eigenvalue weighted by molar-refractivity contribution is 5.81. The largest absolute Gasteiger partial charge is 0.379 e. The van der Waals surface area contributed by atoms with E-state index in [0.29, 0.717) is 25.7 Å². The lowest BCUT2D eigenvalue weighted by Gasteiger charge is -2.11. The van der Waals surface area contributed by atoms with Gasteiger partial charge in [0, 0.05) is 24.6 Å². The molecule has 2 aromatic rings. The van der Waals surface area contributed by atoms with Gasteiger partial charge in [-0.3, -0.25) is 0 Å². The van der Waals surface area contributed by atoms with E-state index in [1.807, 2.05) is 25.2 Å². The Hall–Kier alpha value is -1.65. The van der Waals surface area contributed by atoms with Crippen LogP contribution in [0.3, 0.4) is 0 Å². The fourth-order valence-electron chi connectivity index (χ4n) is 2.11. The highest BCUT2D eigenvalue weighted by Crippen LogP contribution is 2.20. The standard InChI is InChI=1S/C17H24N2O2/c1-13(2)11-20-8-9-21-12-15-10-14-6-4-5-7-16(14)19-17(15)18-3/h4-7,10,13H,8-9,11-12H2,1-3H3,(H,18,19). The molecule has 114 valence electrons. The van der Waals surface area contributed by atoms with Gasteiger partial charge in [0.15, 0.2) is 0 Å². The topological polar surface area (TPSA) is 43.4 Å². The first-order valence-corrected chi connectivity index (χ1v) is 7.42. The summed E-state index contributed by atoms with van der Waals surface area (Å²) in [6, 6.07) is 10.2. The van der Waals surface area contributed by atoms with Crippen molar-refractivity contribution in [3.05, 3.63) is 35.9 Å². The van der Waals surface area contributed by atoms with Gasteiger partial charge in [-0.2, -0.15) is 0 Å². The molecule has 4 heteroatoms. The van der Waals surface area contributed by atoms with Crippen LogP contribution in [0.25, 0.3) is 10.9 Å². The van der Waals surface area contributed by atoms with Crippen molar-refractivity contribution in [2.75, 3.05) is 32.2 Å². The van der Waals surface area contributed by atoms with Crippen LogP contribution in [0, 0.1) is 5.92 Å². The predicted molar refractivity (Wildman–Crippen MR) is 86.6 cm³/mol. The summed E-state index contributed by atoms with van der Waals surface area (Å²) in [5.41, 5.74) is 2.06. The Morgan fingerprint density at radius 3 is 2.67 bits per heavy atom. The quantitative estimate of drug-likeness (QED) is 0.755. The van der Waals surface area contributed by atoms with E-state index < -0.39 is 0 Å². The Bertz CT molecular complexity index is 570. The average molecular weight is 288 g/mol.